The molecule has 1 aliphatic rings. The summed E-state index contributed by atoms with van der Waals surface area (Å²) in [7, 11) is 0. The Kier molecular flexibility index (Phi) is 3.62. The van der Waals surface area contributed by atoms with Crippen LogP contribution in [0.3, 0.4) is 0 Å². The van der Waals surface area contributed by atoms with E-state index in [1.165, 1.54) is 6.07 Å². The lowest BCUT2D eigenvalue weighted by Crippen LogP contribution is -2.25. The normalized spacial score (nSPS) is 24.1. The topological polar surface area (TPSA) is 66.5 Å². The molecule has 0 fully saturated rings. The summed E-state index contributed by atoms with van der Waals surface area (Å²) in [5, 5.41) is 19.0. The Bertz CT molecular complexity index is 368. The van der Waals surface area contributed by atoms with Crippen molar-refractivity contribution >= 4 is 17.0 Å². The van der Waals surface area contributed by atoms with Crippen molar-refractivity contribution in [3.63, 3.8) is 0 Å². The first kappa shape index (κ1) is 12.3. The third-order valence-electron chi connectivity index (χ3n) is 3.12. The van der Waals surface area contributed by atoms with Crippen LogP contribution in [0.25, 0.3) is 0 Å². The average Bonchev–Trinajstić information content (AvgIpc) is 2.17. The van der Waals surface area contributed by atoms with Gasteiger partial charge in [-0.1, -0.05) is 13.0 Å². The fourth-order valence-corrected chi connectivity index (χ4v) is 2.07. The van der Waals surface area contributed by atoms with Gasteiger partial charge in [0.2, 0.25) is 0 Å². The zero-order chi connectivity index (χ0) is 10.3. The molecule has 0 radical (unpaired) electrons. The van der Waals surface area contributed by atoms with Crippen LogP contribution < -0.4 is 5.73 Å². The maximum absolute atomic E-state index is 9.64. The Morgan fingerprint density at radius 1 is 1.33 bits per heavy atom. The summed E-state index contributed by atoms with van der Waals surface area (Å²) in [4.78, 5) is 0. The average molecular weight is 274 g/mol. The fourth-order valence-electron chi connectivity index (χ4n) is 2.07. The number of nitrogens with two attached hydrogens (primary N) is 1. The van der Waals surface area contributed by atoms with E-state index in [0.29, 0.717) is 5.92 Å². The molecule has 0 spiro atoms. The lowest BCUT2D eigenvalue weighted by atomic mass is 9.81. The van der Waals surface area contributed by atoms with Gasteiger partial charge in [0, 0.05) is 11.6 Å². The molecule has 0 heterocycles. The van der Waals surface area contributed by atoms with Gasteiger partial charge in [0.1, 0.15) is 0 Å². The number of benzene rings is 1. The van der Waals surface area contributed by atoms with Crippen LogP contribution in [0.2, 0.25) is 0 Å². The highest BCUT2D eigenvalue weighted by Gasteiger charge is 2.26. The molecule has 84 valence electrons. The summed E-state index contributed by atoms with van der Waals surface area (Å²) in [6, 6.07) is 3.29. The molecule has 0 aromatic heterocycles. The van der Waals surface area contributed by atoms with E-state index >= 15 is 0 Å². The van der Waals surface area contributed by atoms with Crippen LogP contribution in [-0.2, 0) is 6.42 Å². The van der Waals surface area contributed by atoms with Crippen LogP contribution in [0.15, 0.2) is 12.1 Å². The van der Waals surface area contributed by atoms with Gasteiger partial charge >= 0.3 is 0 Å². The molecule has 2 atom stereocenters. The number of aromatic hydroxyl groups is 2. The van der Waals surface area contributed by atoms with E-state index in [2.05, 4.69) is 6.92 Å². The number of rotatable bonds is 0. The molecule has 2 rings (SSSR count). The molecule has 1 aromatic rings. The molecule has 0 saturated carbocycles. The highest BCUT2D eigenvalue weighted by molar-refractivity contribution is 8.93. The zero-order valence-corrected chi connectivity index (χ0v) is 10.3. The van der Waals surface area contributed by atoms with Gasteiger partial charge in [-0.05, 0) is 30.4 Å². The smallest absolute Gasteiger partial charge is 0.161 e. The number of phenols is 2. The van der Waals surface area contributed by atoms with Crippen molar-refractivity contribution in [2.24, 2.45) is 11.7 Å². The van der Waals surface area contributed by atoms with Crippen LogP contribution in [0, 0.1) is 5.92 Å². The Hall–Kier alpha value is -0.740. The predicted molar refractivity (Wildman–Crippen MR) is 64.5 cm³/mol. The standard InChI is InChI=1S/C11H15NO2.BrH/c1-6-2-3-8-7(10(6)12)4-5-9(13)11(8)14;/h4-6,10,13-14H,2-3,12H2,1H3;1H. The Morgan fingerprint density at radius 3 is 2.67 bits per heavy atom. The summed E-state index contributed by atoms with van der Waals surface area (Å²) in [5.74, 6) is 0.391. The molecule has 15 heavy (non-hydrogen) atoms. The van der Waals surface area contributed by atoms with Crippen molar-refractivity contribution in [1.82, 2.24) is 0 Å². The van der Waals surface area contributed by atoms with Gasteiger partial charge in [0.05, 0.1) is 0 Å². The third-order valence-corrected chi connectivity index (χ3v) is 3.12. The van der Waals surface area contributed by atoms with E-state index in [9.17, 15) is 10.2 Å². The second-order valence-corrected chi connectivity index (χ2v) is 4.04. The van der Waals surface area contributed by atoms with Crippen molar-refractivity contribution in [2.45, 2.75) is 25.8 Å². The molecule has 1 aromatic carbocycles. The van der Waals surface area contributed by atoms with Crippen molar-refractivity contribution in [2.75, 3.05) is 0 Å². The maximum Gasteiger partial charge on any atom is 0.161 e. The molecule has 1 aliphatic carbocycles. The number of hydrogen-bond acceptors (Lipinski definition) is 3. The van der Waals surface area contributed by atoms with Gasteiger partial charge in [-0.2, -0.15) is 0 Å². The lowest BCUT2D eigenvalue weighted by molar-refractivity contribution is 0.373. The molecule has 0 bridgehead atoms. The van der Waals surface area contributed by atoms with E-state index in [4.69, 9.17) is 5.73 Å². The highest BCUT2D eigenvalue weighted by atomic mass is 79.9. The number of fused-ring (bicyclic) bond motifs is 1. The lowest BCUT2D eigenvalue weighted by Gasteiger charge is -2.28. The van der Waals surface area contributed by atoms with Crippen molar-refractivity contribution in [3.8, 4) is 11.5 Å². The van der Waals surface area contributed by atoms with E-state index in [0.717, 1.165) is 24.0 Å². The van der Waals surface area contributed by atoms with Crippen LogP contribution in [-0.4, -0.2) is 10.2 Å². The minimum atomic E-state index is -0.0505. The van der Waals surface area contributed by atoms with E-state index in [1.54, 1.807) is 0 Å². The van der Waals surface area contributed by atoms with Gasteiger partial charge in [-0.25, -0.2) is 0 Å². The molecular formula is C11H16BrNO2. The number of hydrogen-bond donors (Lipinski definition) is 3. The third kappa shape index (κ3) is 1.96. The van der Waals surface area contributed by atoms with Gasteiger partial charge in [0.25, 0.3) is 0 Å². The molecule has 0 saturated heterocycles. The predicted octanol–water partition coefficient (Wildman–Crippen LogP) is 2.26. The fraction of sp³-hybridized carbons (Fsp3) is 0.455. The summed E-state index contributed by atoms with van der Waals surface area (Å²) >= 11 is 0. The molecular weight excluding hydrogens is 258 g/mol. The van der Waals surface area contributed by atoms with Gasteiger partial charge in [-0.3, -0.25) is 0 Å². The quantitative estimate of drug-likeness (QED) is 0.636. The number of phenolic OH excluding ortho intramolecular Hbond substituents is 2. The largest absolute Gasteiger partial charge is 0.504 e. The second-order valence-electron chi connectivity index (χ2n) is 4.04. The summed E-state index contributed by atoms with van der Waals surface area (Å²) in [6.07, 6.45) is 1.76. The van der Waals surface area contributed by atoms with Crippen molar-refractivity contribution in [3.05, 3.63) is 23.3 Å². The van der Waals surface area contributed by atoms with Crippen LogP contribution in [0.5, 0.6) is 11.5 Å². The Morgan fingerprint density at radius 2 is 2.00 bits per heavy atom. The molecule has 3 nitrogen and oxygen atoms in total. The molecule has 0 amide bonds. The van der Waals surface area contributed by atoms with E-state index in [1.807, 2.05) is 6.07 Å². The SMILES string of the molecule is Br.CC1CCc2c(ccc(O)c2O)C1N. The Labute approximate surface area is 99.7 Å². The maximum atomic E-state index is 9.64. The molecule has 4 N–H and O–H groups in total. The van der Waals surface area contributed by atoms with Crippen LogP contribution >= 0.6 is 17.0 Å². The monoisotopic (exact) mass is 273 g/mol. The van der Waals surface area contributed by atoms with E-state index < -0.39 is 0 Å². The van der Waals surface area contributed by atoms with Gasteiger partial charge in [0.15, 0.2) is 11.5 Å². The summed E-state index contributed by atoms with van der Waals surface area (Å²) < 4.78 is 0. The minimum Gasteiger partial charge on any atom is -0.504 e. The molecule has 2 unspecified atom stereocenters. The first-order valence-corrected chi connectivity index (χ1v) is 4.90. The van der Waals surface area contributed by atoms with Gasteiger partial charge in [-0.15, -0.1) is 17.0 Å². The Balaban J connectivity index is 0.00000112. The van der Waals surface area contributed by atoms with Crippen LogP contribution in [0.4, 0.5) is 0 Å². The first-order chi connectivity index (χ1) is 6.61. The summed E-state index contributed by atoms with van der Waals surface area (Å²) in [5.41, 5.74) is 7.80. The number of halogens is 1. The van der Waals surface area contributed by atoms with Crippen molar-refractivity contribution in [1.29, 1.82) is 0 Å². The minimum absolute atomic E-state index is 0. The summed E-state index contributed by atoms with van der Waals surface area (Å²) in [6.45, 7) is 2.11. The molecule has 4 heteroatoms. The second kappa shape index (κ2) is 4.41. The highest BCUT2D eigenvalue weighted by Crippen LogP contribution is 2.40. The van der Waals surface area contributed by atoms with Crippen molar-refractivity contribution < 1.29 is 10.2 Å². The first-order valence-electron chi connectivity index (χ1n) is 4.90. The van der Waals surface area contributed by atoms with Crippen LogP contribution in [0.1, 0.15) is 30.5 Å². The van der Waals surface area contributed by atoms with E-state index in [-0.39, 0.29) is 34.5 Å². The zero-order valence-electron chi connectivity index (χ0n) is 8.60. The van der Waals surface area contributed by atoms with Gasteiger partial charge < -0.3 is 15.9 Å². The molecule has 0 aliphatic heterocycles.